The Hall–Kier alpha value is -2.67. The number of nitrogens with one attached hydrogen (secondary N) is 1. The van der Waals surface area contributed by atoms with Crippen molar-refractivity contribution in [3.05, 3.63) is 64.7 Å². The van der Waals surface area contributed by atoms with E-state index in [1.165, 1.54) is 12.1 Å². The Morgan fingerprint density at radius 3 is 2.27 bits per heavy atom. The molecule has 6 nitrogen and oxygen atoms in total. The highest BCUT2D eigenvalue weighted by atomic mass is 32.2. The van der Waals surface area contributed by atoms with Crippen LogP contribution in [0.2, 0.25) is 0 Å². The second-order valence-electron chi connectivity index (χ2n) is 6.24. The molecular formula is C19H21NO5S. The van der Waals surface area contributed by atoms with Crippen molar-refractivity contribution in [1.82, 2.24) is 5.32 Å². The van der Waals surface area contributed by atoms with Gasteiger partial charge < -0.3 is 10.4 Å². The third-order valence-electron chi connectivity index (χ3n) is 4.20. The number of amides is 1. The van der Waals surface area contributed by atoms with Crippen molar-refractivity contribution in [2.24, 2.45) is 0 Å². The minimum absolute atomic E-state index is 0.0284. The third-order valence-corrected chi connectivity index (χ3v) is 5.29. The first-order chi connectivity index (χ1) is 12.1. The fraction of sp³-hybridized carbons (Fsp3) is 0.263. The van der Waals surface area contributed by atoms with Crippen LogP contribution in [0.15, 0.2) is 47.4 Å². The van der Waals surface area contributed by atoms with E-state index in [4.69, 9.17) is 0 Å². The molecule has 0 bridgehead atoms. The van der Waals surface area contributed by atoms with Crippen LogP contribution in [0.5, 0.6) is 0 Å². The number of hydrogen-bond acceptors (Lipinski definition) is 4. The van der Waals surface area contributed by atoms with Crippen molar-refractivity contribution < 1.29 is 23.1 Å². The zero-order valence-electron chi connectivity index (χ0n) is 14.8. The van der Waals surface area contributed by atoms with E-state index >= 15 is 0 Å². The summed E-state index contributed by atoms with van der Waals surface area (Å²) in [5.74, 6) is -1.77. The predicted octanol–water partition coefficient (Wildman–Crippen LogP) is 2.13. The quantitative estimate of drug-likeness (QED) is 0.806. The van der Waals surface area contributed by atoms with E-state index in [2.05, 4.69) is 5.32 Å². The normalized spacial score (nSPS) is 12.4. The number of carboxylic acid groups (broad SMARTS) is 1. The lowest BCUT2D eigenvalue weighted by Crippen LogP contribution is -2.42. The number of aliphatic carboxylic acids is 1. The lowest BCUT2D eigenvalue weighted by Gasteiger charge is -2.17. The zero-order valence-corrected chi connectivity index (χ0v) is 15.6. The van der Waals surface area contributed by atoms with Gasteiger partial charge in [0.25, 0.3) is 5.91 Å². The van der Waals surface area contributed by atoms with E-state index in [1.807, 2.05) is 6.07 Å². The topological polar surface area (TPSA) is 101 Å². The van der Waals surface area contributed by atoms with Crippen molar-refractivity contribution >= 4 is 21.7 Å². The van der Waals surface area contributed by atoms with E-state index in [9.17, 15) is 23.1 Å². The number of aryl methyl sites for hydroxylation is 1. The predicted molar refractivity (Wildman–Crippen MR) is 98.1 cm³/mol. The molecule has 2 aromatic rings. The molecule has 0 heterocycles. The van der Waals surface area contributed by atoms with Gasteiger partial charge in [0.2, 0.25) is 0 Å². The number of sulfone groups is 1. The molecule has 0 radical (unpaired) electrons. The molecule has 0 spiro atoms. The summed E-state index contributed by atoms with van der Waals surface area (Å²) in [4.78, 5) is 24.2. The summed E-state index contributed by atoms with van der Waals surface area (Å²) in [6, 6.07) is 10.6. The van der Waals surface area contributed by atoms with Crippen LogP contribution in [0, 0.1) is 13.8 Å². The number of benzene rings is 2. The van der Waals surface area contributed by atoms with E-state index in [1.54, 1.807) is 38.1 Å². The van der Waals surface area contributed by atoms with Crippen LogP contribution >= 0.6 is 0 Å². The zero-order chi connectivity index (χ0) is 19.5. The number of carboxylic acids is 1. The van der Waals surface area contributed by atoms with Gasteiger partial charge in [-0.2, -0.15) is 0 Å². The molecule has 0 aliphatic rings. The van der Waals surface area contributed by atoms with Gasteiger partial charge in [-0.25, -0.2) is 13.2 Å². The fourth-order valence-electron chi connectivity index (χ4n) is 2.56. The number of carbonyl (C=O) groups excluding carboxylic acids is 1. The molecule has 0 aromatic heterocycles. The average Bonchev–Trinajstić information content (AvgIpc) is 2.56. The monoisotopic (exact) mass is 375 g/mol. The summed E-state index contributed by atoms with van der Waals surface area (Å²) in [6.45, 7) is 3.41. The van der Waals surface area contributed by atoms with Gasteiger partial charge in [0, 0.05) is 18.2 Å². The number of rotatable bonds is 6. The molecule has 0 aliphatic carbocycles. The molecule has 0 aliphatic heterocycles. The maximum atomic E-state index is 12.6. The largest absolute Gasteiger partial charge is 0.480 e. The van der Waals surface area contributed by atoms with Gasteiger partial charge in [-0.1, -0.05) is 30.3 Å². The standard InChI is InChI=1S/C19H21NO5S/c1-12-9-15(26(3,24)25)11-16(13(12)2)18(21)20-17(19(22)23)10-14-7-5-4-6-8-14/h4-9,11,17H,10H2,1-3H3,(H,20,21)(H,22,23). The lowest BCUT2D eigenvalue weighted by molar-refractivity contribution is -0.139. The first-order valence-corrected chi connectivity index (χ1v) is 9.87. The van der Waals surface area contributed by atoms with Crippen LogP contribution in [0.4, 0.5) is 0 Å². The van der Waals surface area contributed by atoms with Crippen LogP contribution in [0.1, 0.15) is 27.0 Å². The maximum absolute atomic E-state index is 12.6. The molecule has 0 saturated heterocycles. The molecule has 1 amide bonds. The summed E-state index contributed by atoms with van der Waals surface area (Å²) in [5, 5.41) is 11.9. The van der Waals surface area contributed by atoms with Gasteiger partial charge in [0.05, 0.1) is 4.90 Å². The molecule has 138 valence electrons. The van der Waals surface area contributed by atoms with Gasteiger partial charge >= 0.3 is 5.97 Å². The van der Waals surface area contributed by atoms with Gasteiger partial charge in [0.1, 0.15) is 6.04 Å². The van der Waals surface area contributed by atoms with Crippen molar-refractivity contribution in [2.75, 3.05) is 6.26 Å². The molecule has 2 aromatic carbocycles. The summed E-state index contributed by atoms with van der Waals surface area (Å²) in [6.07, 6.45) is 1.19. The van der Waals surface area contributed by atoms with E-state index < -0.39 is 27.8 Å². The molecule has 26 heavy (non-hydrogen) atoms. The maximum Gasteiger partial charge on any atom is 0.326 e. The van der Waals surface area contributed by atoms with Crippen LogP contribution in [0.25, 0.3) is 0 Å². The number of carbonyl (C=O) groups is 2. The third kappa shape index (κ3) is 4.70. The lowest BCUT2D eigenvalue weighted by atomic mass is 10.0. The van der Waals surface area contributed by atoms with Gasteiger partial charge in [-0.05, 0) is 42.7 Å². The Labute approximate surface area is 152 Å². The highest BCUT2D eigenvalue weighted by molar-refractivity contribution is 7.90. The molecule has 0 fully saturated rings. The van der Waals surface area contributed by atoms with E-state index in [-0.39, 0.29) is 16.9 Å². The van der Waals surface area contributed by atoms with E-state index in [0.717, 1.165) is 11.8 Å². The smallest absolute Gasteiger partial charge is 0.326 e. The van der Waals surface area contributed by atoms with Crippen molar-refractivity contribution in [2.45, 2.75) is 31.2 Å². The van der Waals surface area contributed by atoms with Crippen molar-refractivity contribution in [3.8, 4) is 0 Å². The first kappa shape index (κ1) is 19.7. The summed E-state index contributed by atoms with van der Waals surface area (Å²) in [5.41, 5.74) is 2.19. The second kappa shape index (κ2) is 7.70. The Morgan fingerprint density at radius 1 is 1.12 bits per heavy atom. The summed E-state index contributed by atoms with van der Waals surface area (Å²) >= 11 is 0. The Bertz CT molecular complexity index is 936. The Kier molecular flexibility index (Phi) is 5.82. The number of hydrogen-bond donors (Lipinski definition) is 2. The Morgan fingerprint density at radius 2 is 1.73 bits per heavy atom. The minimum atomic E-state index is -3.49. The molecule has 1 unspecified atom stereocenters. The van der Waals surface area contributed by atoms with Gasteiger partial charge in [0.15, 0.2) is 9.84 Å². The van der Waals surface area contributed by atoms with Gasteiger partial charge in [-0.3, -0.25) is 4.79 Å². The SMILES string of the molecule is Cc1cc(S(C)(=O)=O)cc(C(=O)NC(Cc2ccccc2)C(=O)O)c1C. The van der Waals surface area contributed by atoms with Crippen molar-refractivity contribution in [3.63, 3.8) is 0 Å². The summed E-state index contributed by atoms with van der Waals surface area (Å²) in [7, 11) is -3.49. The molecule has 1 atom stereocenters. The first-order valence-electron chi connectivity index (χ1n) is 7.98. The highest BCUT2D eigenvalue weighted by Gasteiger charge is 2.23. The highest BCUT2D eigenvalue weighted by Crippen LogP contribution is 2.20. The minimum Gasteiger partial charge on any atom is -0.480 e. The van der Waals surface area contributed by atoms with Crippen LogP contribution in [-0.4, -0.2) is 37.7 Å². The second-order valence-corrected chi connectivity index (χ2v) is 8.25. The molecule has 2 N–H and O–H groups in total. The average molecular weight is 375 g/mol. The molecule has 0 saturated carbocycles. The van der Waals surface area contributed by atoms with Gasteiger partial charge in [-0.15, -0.1) is 0 Å². The molecule has 7 heteroatoms. The fourth-order valence-corrected chi connectivity index (χ4v) is 3.28. The molecular weight excluding hydrogens is 354 g/mol. The van der Waals surface area contributed by atoms with Crippen LogP contribution in [-0.2, 0) is 21.1 Å². The van der Waals surface area contributed by atoms with Crippen LogP contribution < -0.4 is 5.32 Å². The molecule has 2 rings (SSSR count). The summed E-state index contributed by atoms with van der Waals surface area (Å²) < 4.78 is 23.6. The van der Waals surface area contributed by atoms with Crippen molar-refractivity contribution in [1.29, 1.82) is 0 Å². The van der Waals surface area contributed by atoms with E-state index in [0.29, 0.717) is 11.1 Å². The van der Waals surface area contributed by atoms with Crippen LogP contribution in [0.3, 0.4) is 0 Å². The Balaban J connectivity index is 2.32.